The first-order valence-corrected chi connectivity index (χ1v) is 4.99. The number of nitrogens with zero attached hydrogens (tertiary/aromatic N) is 2. The van der Waals surface area contributed by atoms with Crippen LogP contribution in [0.1, 0.15) is 25.0 Å². The highest BCUT2D eigenvalue weighted by atomic mass is 16.5. The maximum Gasteiger partial charge on any atom is 0.150 e. The number of aromatic nitrogens is 1. The molecule has 1 aliphatic rings. The molecule has 0 aliphatic carbocycles. The Morgan fingerprint density at radius 2 is 2.57 bits per heavy atom. The Balaban J connectivity index is 1.98. The Morgan fingerprint density at radius 3 is 3.29 bits per heavy atom. The summed E-state index contributed by atoms with van der Waals surface area (Å²) < 4.78 is 5.02. The Hall–Kier alpha value is -1.16. The number of piperidine rings is 1. The largest absolute Gasteiger partial charge is 0.360 e. The molecule has 0 amide bonds. The van der Waals surface area contributed by atoms with Gasteiger partial charge in [-0.3, -0.25) is 4.90 Å². The highest BCUT2D eigenvalue weighted by molar-refractivity contribution is 5.57. The lowest BCUT2D eigenvalue weighted by molar-refractivity contribution is -0.113. The maximum absolute atomic E-state index is 10.8. The van der Waals surface area contributed by atoms with E-state index >= 15 is 0 Å². The molecule has 1 unspecified atom stereocenters. The Morgan fingerprint density at radius 1 is 1.64 bits per heavy atom. The molecule has 0 spiro atoms. The minimum Gasteiger partial charge on any atom is -0.360 e. The molecule has 1 fully saturated rings. The molecule has 1 aliphatic heterocycles. The predicted molar refractivity (Wildman–Crippen MR) is 50.6 cm³/mol. The molecule has 0 N–H and O–H groups in total. The topological polar surface area (TPSA) is 46.3 Å². The molecule has 4 nitrogen and oxygen atoms in total. The Kier molecular flexibility index (Phi) is 2.93. The monoisotopic (exact) mass is 194 g/mol. The van der Waals surface area contributed by atoms with Crippen molar-refractivity contribution in [3.63, 3.8) is 0 Å². The zero-order chi connectivity index (χ0) is 9.80. The molecule has 4 heteroatoms. The Labute approximate surface area is 82.9 Å². The number of hydrogen-bond donors (Lipinski definition) is 0. The quantitative estimate of drug-likeness (QED) is 0.679. The fraction of sp³-hybridized carbons (Fsp3) is 0.600. The van der Waals surface area contributed by atoms with Crippen LogP contribution in [0.5, 0.6) is 0 Å². The van der Waals surface area contributed by atoms with Crippen molar-refractivity contribution in [2.45, 2.75) is 31.8 Å². The molecular weight excluding hydrogens is 180 g/mol. The van der Waals surface area contributed by atoms with Crippen molar-refractivity contribution in [3.8, 4) is 0 Å². The fourth-order valence-corrected chi connectivity index (χ4v) is 1.89. The van der Waals surface area contributed by atoms with Crippen molar-refractivity contribution in [2.24, 2.45) is 0 Å². The van der Waals surface area contributed by atoms with Crippen molar-refractivity contribution in [1.29, 1.82) is 0 Å². The molecule has 0 bridgehead atoms. The summed E-state index contributed by atoms with van der Waals surface area (Å²) >= 11 is 0. The first-order chi connectivity index (χ1) is 6.90. The van der Waals surface area contributed by atoms with E-state index in [2.05, 4.69) is 10.1 Å². The van der Waals surface area contributed by atoms with Gasteiger partial charge in [-0.2, -0.15) is 0 Å². The highest BCUT2D eigenvalue weighted by Crippen LogP contribution is 2.17. The average Bonchev–Trinajstić information content (AvgIpc) is 2.71. The minimum atomic E-state index is 0.0637. The van der Waals surface area contributed by atoms with Crippen LogP contribution in [0, 0.1) is 0 Å². The second-order valence-corrected chi connectivity index (χ2v) is 3.65. The second kappa shape index (κ2) is 4.37. The third-order valence-corrected chi connectivity index (χ3v) is 2.67. The van der Waals surface area contributed by atoms with Gasteiger partial charge in [0.1, 0.15) is 6.29 Å². The molecule has 1 aromatic heterocycles. The van der Waals surface area contributed by atoms with Gasteiger partial charge in [0.05, 0.1) is 18.8 Å². The standard InChI is InChI=1S/C10H14N2O2/c13-8-9-3-1-2-6-12(9)7-10-4-5-11-14-10/h4-5,8-9H,1-3,6-7H2. The number of carbonyl (C=O) groups is 1. The lowest BCUT2D eigenvalue weighted by Crippen LogP contribution is -2.39. The van der Waals surface area contributed by atoms with Crippen LogP contribution in [-0.4, -0.2) is 28.9 Å². The molecule has 2 rings (SSSR count). The molecule has 76 valence electrons. The number of likely N-dealkylation sites (tertiary alicyclic amines) is 1. The summed E-state index contributed by atoms with van der Waals surface area (Å²) in [6, 6.07) is 1.91. The van der Waals surface area contributed by atoms with Crippen LogP contribution in [0.15, 0.2) is 16.8 Å². The molecule has 0 saturated carbocycles. The molecule has 1 atom stereocenters. The van der Waals surface area contributed by atoms with Gasteiger partial charge in [-0.05, 0) is 19.4 Å². The number of carbonyl (C=O) groups excluding carboxylic acids is 1. The van der Waals surface area contributed by atoms with Gasteiger partial charge in [0.15, 0.2) is 5.76 Å². The minimum absolute atomic E-state index is 0.0637. The van der Waals surface area contributed by atoms with Crippen LogP contribution < -0.4 is 0 Å². The van der Waals surface area contributed by atoms with Gasteiger partial charge < -0.3 is 9.32 Å². The van der Waals surface area contributed by atoms with Crippen LogP contribution in [0.3, 0.4) is 0 Å². The van der Waals surface area contributed by atoms with Gasteiger partial charge in [-0.25, -0.2) is 0 Å². The number of hydrogen-bond acceptors (Lipinski definition) is 4. The lowest BCUT2D eigenvalue weighted by atomic mass is 10.0. The summed E-state index contributed by atoms with van der Waals surface area (Å²) in [7, 11) is 0. The van der Waals surface area contributed by atoms with E-state index < -0.39 is 0 Å². The van der Waals surface area contributed by atoms with Gasteiger partial charge in [-0.15, -0.1) is 0 Å². The lowest BCUT2D eigenvalue weighted by Gasteiger charge is -2.31. The van der Waals surface area contributed by atoms with E-state index in [0.717, 1.165) is 31.4 Å². The number of rotatable bonds is 3. The van der Waals surface area contributed by atoms with E-state index in [1.807, 2.05) is 6.07 Å². The maximum atomic E-state index is 10.8. The summed E-state index contributed by atoms with van der Waals surface area (Å²) in [5.74, 6) is 0.832. The van der Waals surface area contributed by atoms with E-state index in [1.54, 1.807) is 6.20 Å². The molecule has 0 radical (unpaired) electrons. The van der Waals surface area contributed by atoms with Gasteiger partial charge in [-0.1, -0.05) is 11.6 Å². The van der Waals surface area contributed by atoms with Crippen LogP contribution in [0.25, 0.3) is 0 Å². The zero-order valence-electron chi connectivity index (χ0n) is 8.06. The summed E-state index contributed by atoms with van der Waals surface area (Å²) in [6.07, 6.45) is 5.96. The zero-order valence-corrected chi connectivity index (χ0v) is 8.06. The van der Waals surface area contributed by atoms with Crippen LogP contribution in [0.4, 0.5) is 0 Å². The van der Waals surface area contributed by atoms with Crippen LogP contribution >= 0.6 is 0 Å². The summed E-state index contributed by atoms with van der Waals surface area (Å²) in [6.45, 7) is 1.67. The second-order valence-electron chi connectivity index (χ2n) is 3.65. The van der Waals surface area contributed by atoms with Gasteiger partial charge >= 0.3 is 0 Å². The Bertz CT molecular complexity index is 284. The van der Waals surface area contributed by atoms with Crippen molar-refractivity contribution in [2.75, 3.05) is 6.54 Å². The summed E-state index contributed by atoms with van der Waals surface area (Å²) in [5.41, 5.74) is 0. The van der Waals surface area contributed by atoms with Crippen molar-refractivity contribution in [3.05, 3.63) is 18.0 Å². The molecule has 2 heterocycles. The van der Waals surface area contributed by atoms with E-state index in [9.17, 15) is 4.79 Å². The van der Waals surface area contributed by atoms with Gasteiger partial charge in [0.25, 0.3) is 0 Å². The third kappa shape index (κ3) is 2.01. The average molecular weight is 194 g/mol. The molecule has 14 heavy (non-hydrogen) atoms. The van der Waals surface area contributed by atoms with Crippen LogP contribution in [-0.2, 0) is 11.3 Å². The van der Waals surface area contributed by atoms with E-state index in [4.69, 9.17) is 4.52 Å². The fourth-order valence-electron chi connectivity index (χ4n) is 1.89. The number of aldehydes is 1. The molecule has 0 aromatic carbocycles. The predicted octanol–water partition coefficient (Wildman–Crippen LogP) is 1.23. The van der Waals surface area contributed by atoms with Crippen LogP contribution in [0.2, 0.25) is 0 Å². The van der Waals surface area contributed by atoms with Gasteiger partial charge in [0, 0.05) is 6.07 Å². The smallest absolute Gasteiger partial charge is 0.150 e. The molecule has 1 saturated heterocycles. The van der Waals surface area contributed by atoms with Gasteiger partial charge in [0.2, 0.25) is 0 Å². The first kappa shape index (κ1) is 9.40. The van der Waals surface area contributed by atoms with Crippen molar-refractivity contribution < 1.29 is 9.32 Å². The van der Waals surface area contributed by atoms with Crippen molar-refractivity contribution in [1.82, 2.24) is 10.1 Å². The SMILES string of the molecule is O=CC1CCCCN1Cc1ccno1. The summed E-state index contributed by atoms with van der Waals surface area (Å²) in [5, 5.41) is 3.65. The van der Waals surface area contributed by atoms with Crippen molar-refractivity contribution >= 4 is 6.29 Å². The summed E-state index contributed by atoms with van der Waals surface area (Å²) in [4.78, 5) is 13.0. The third-order valence-electron chi connectivity index (χ3n) is 2.67. The highest BCUT2D eigenvalue weighted by Gasteiger charge is 2.22. The molecule has 1 aromatic rings. The van der Waals surface area contributed by atoms with E-state index in [-0.39, 0.29) is 6.04 Å². The first-order valence-electron chi connectivity index (χ1n) is 4.99. The van der Waals surface area contributed by atoms with E-state index in [0.29, 0.717) is 6.54 Å². The van der Waals surface area contributed by atoms with E-state index in [1.165, 1.54) is 6.42 Å². The molecular formula is C10H14N2O2. The normalized spacial score (nSPS) is 23.6.